The first-order valence-electron chi connectivity index (χ1n) is 11.1. The van der Waals surface area contributed by atoms with Crippen molar-refractivity contribution in [3.8, 4) is 11.6 Å². The first kappa shape index (κ1) is 23.7. The van der Waals surface area contributed by atoms with E-state index in [-0.39, 0.29) is 5.91 Å². The van der Waals surface area contributed by atoms with E-state index in [9.17, 15) is 4.79 Å². The zero-order valence-corrected chi connectivity index (χ0v) is 19.9. The van der Waals surface area contributed by atoms with Gasteiger partial charge in [-0.25, -0.2) is 9.97 Å². The Labute approximate surface area is 203 Å². The third-order valence-corrected chi connectivity index (χ3v) is 5.45. The predicted octanol–water partition coefficient (Wildman–Crippen LogP) is 3.35. The maximum atomic E-state index is 12.1. The number of amides is 1. The summed E-state index contributed by atoms with van der Waals surface area (Å²) >= 11 is 0. The molecule has 0 saturated heterocycles. The number of hydrogen-bond donors (Lipinski definition) is 3. The van der Waals surface area contributed by atoms with Crippen LogP contribution < -0.4 is 25.6 Å². The second kappa shape index (κ2) is 10.7. The molecule has 3 heterocycles. The Bertz CT molecular complexity index is 1350. The van der Waals surface area contributed by atoms with E-state index in [4.69, 9.17) is 4.74 Å². The van der Waals surface area contributed by atoms with Gasteiger partial charge in [-0.1, -0.05) is 6.58 Å². The molecule has 0 fully saturated rings. The second-order valence-electron chi connectivity index (χ2n) is 7.75. The van der Waals surface area contributed by atoms with Crippen molar-refractivity contribution in [3.63, 3.8) is 0 Å². The number of likely N-dealkylation sites (N-methyl/N-ethyl adjacent to an activating group) is 2. The number of carbonyl (C=O) groups is 1. The molecular formula is C25H28N8O2. The van der Waals surface area contributed by atoms with Gasteiger partial charge in [0.2, 0.25) is 11.9 Å². The Morgan fingerprint density at radius 3 is 2.83 bits per heavy atom. The molecule has 180 valence electrons. The summed E-state index contributed by atoms with van der Waals surface area (Å²) in [6, 6.07) is 11.4. The smallest absolute Gasteiger partial charge is 0.247 e. The maximum absolute atomic E-state index is 12.1. The van der Waals surface area contributed by atoms with Crippen LogP contribution in [0, 0.1) is 0 Å². The summed E-state index contributed by atoms with van der Waals surface area (Å²) in [4.78, 5) is 27.7. The summed E-state index contributed by atoms with van der Waals surface area (Å²) in [6.45, 7) is 5.06. The van der Waals surface area contributed by atoms with Crippen LogP contribution in [0.2, 0.25) is 0 Å². The maximum Gasteiger partial charge on any atom is 0.247 e. The highest BCUT2D eigenvalue weighted by molar-refractivity contribution is 6.02. The van der Waals surface area contributed by atoms with Gasteiger partial charge in [0.1, 0.15) is 17.2 Å². The van der Waals surface area contributed by atoms with Crippen LogP contribution in [0.4, 0.5) is 23.0 Å². The van der Waals surface area contributed by atoms with Gasteiger partial charge in [0.15, 0.2) is 0 Å². The molecule has 0 atom stereocenters. The molecule has 0 aliphatic heterocycles. The number of fused-ring (bicyclic) bond motifs is 1. The minimum Gasteiger partial charge on any atom is -0.494 e. The molecule has 3 aromatic heterocycles. The van der Waals surface area contributed by atoms with Crippen molar-refractivity contribution in [2.75, 3.05) is 49.8 Å². The summed E-state index contributed by atoms with van der Waals surface area (Å²) in [5.74, 6) is 1.30. The molecule has 0 saturated carbocycles. The van der Waals surface area contributed by atoms with Gasteiger partial charge in [-0.2, -0.15) is 4.98 Å². The van der Waals surface area contributed by atoms with Gasteiger partial charge in [-0.15, -0.1) is 0 Å². The van der Waals surface area contributed by atoms with Crippen LogP contribution in [-0.2, 0) is 4.79 Å². The van der Waals surface area contributed by atoms with Gasteiger partial charge in [-0.05, 0) is 43.5 Å². The summed E-state index contributed by atoms with van der Waals surface area (Å²) in [5.41, 5.74) is 2.81. The normalized spacial score (nSPS) is 10.7. The molecule has 1 amide bonds. The van der Waals surface area contributed by atoms with E-state index in [0.717, 1.165) is 29.8 Å². The van der Waals surface area contributed by atoms with Gasteiger partial charge >= 0.3 is 0 Å². The van der Waals surface area contributed by atoms with Crippen molar-refractivity contribution in [2.45, 2.75) is 0 Å². The standard InChI is InChI=1S/C25H28N8O2/c1-5-23(34)29-18-15-19(21(35-4)16-20(18)32(3)14-12-26-2)30-25-28-11-8-22(31-25)33-13-9-17-7-6-10-27-24(17)33/h5-11,13,15-16,26H,1,12,14H2,2-4H3,(H,29,34)(H,28,30,31). The second-order valence-corrected chi connectivity index (χ2v) is 7.75. The molecule has 10 nitrogen and oxygen atoms in total. The minimum atomic E-state index is -0.311. The Balaban J connectivity index is 1.70. The Kier molecular flexibility index (Phi) is 7.22. The highest BCUT2D eigenvalue weighted by Crippen LogP contribution is 2.37. The summed E-state index contributed by atoms with van der Waals surface area (Å²) in [6.07, 6.45) is 6.57. The van der Waals surface area contributed by atoms with Crippen molar-refractivity contribution in [2.24, 2.45) is 0 Å². The number of ether oxygens (including phenoxy) is 1. The van der Waals surface area contributed by atoms with Crippen molar-refractivity contribution in [3.05, 3.63) is 67.6 Å². The predicted molar refractivity (Wildman–Crippen MR) is 139 cm³/mol. The van der Waals surface area contributed by atoms with Crippen LogP contribution in [-0.4, -0.2) is 59.7 Å². The number of carbonyl (C=O) groups excluding carboxylic acids is 1. The molecule has 35 heavy (non-hydrogen) atoms. The number of benzene rings is 1. The molecule has 0 bridgehead atoms. The number of anilines is 4. The van der Waals surface area contributed by atoms with Crippen molar-refractivity contribution in [1.29, 1.82) is 0 Å². The number of hydrogen-bond acceptors (Lipinski definition) is 8. The summed E-state index contributed by atoms with van der Waals surface area (Å²) in [7, 11) is 5.43. The minimum absolute atomic E-state index is 0.311. The number of aromatic nitrogens is 4. The molecule has 0 spiro atoms. The summed E-state index contributed by atoms with van der Waals surface area (Å²) < 4.78 is 7.55. The van der Waals surface area contributed by atoms with Gasteiger partial charge < -0.3 is 25.6 Å². The first-order chi connectivity index (χ1) is 17.0. The molecule has 0 aliphatic rings. The molecule has 0 aliphatic carbocycles. The van der Waals surface area contributed by atoms with Gasteiger partial charge in [-0.3, -0.25) is 9.36 Å². The third kappa shape index (κ3) is 5.22. The number of methoxy groups -OCH3 is 1. The quantitative estimate of drug-likeness (QED) is 0.302. The van der Waals surface area contributed by atoms with Crippen molar-refractivity contribution >= 4 is 40.0 Å². The van der Waals surface area contributed by atoms with Crippen LogP contribution >= 0.6 is 0 Å². The Morgan fingerprint density at radius 1 is 1.20 bits per heavy atom. The van der Waals surface area contributed by atoms with Crippen LogP contribution in [0.25, 0.3) is 16.9 Å². The third-order valence-electron chi connectivity index (χ3n) is 5.45. The van der Waals surface area contributed by atoms with E-state index in [0.29, 0.717) is 28.9 Å². The molecule has 4 aromatic rings. The molecule has 0 unspecified atom stereocenters. The van der Waals surface area contributed by atoms with E-state index < -0.39 is 0 Å². The largest absolute Gasteiger partial charge is 0.494 e. The Morgan fingerprint density at radius 2 is 2.06 bits per heavy atom. The lowest BCUT2D eigenvalue weighted by atomic mass is 10.2. The first-order valence-corrected chi connectivity index (χ1v) is 11.1. The highest BCUT2D eigenvalue weighted by atomic mass is 16.5. The number of pyridine rings is 1. The lowest BCUT2D eigenvalue weighted by Gasteiger charge is -2.24. The molecule has 0 radical (unpaired) electrons. The van der Waals surface area contributed by atoms with Gasteiger partial charge in [0, 0.05) is 50.2 Å². The fourth-order valence-corrected chi connectivity index (χ4v) is 3.65. The average Bonchev–Trinajstić information content (AvgIpc) is 3.32. The number of nitrogens with zero attached hydrogens (tertiary/aromatic N) is 5. The summed E-state index contributed by atoms with van der Waals surface area (Å²) in [5, 5.41) is 10.3. The van der Waals surface area contributed by atoms with E-state index in [1.165, 1.54) is 6.08 Å². The molecule has 1 aromatic carbocycles. The lowest BCUT2D eigenvalue weighted by Crippen LogP contribution is -2.28. The van der Waals surface area contributed by atoms with Crippen LogP contribution in [0.15, 0.2) is 67.6 Å². The zero-order chi connectivity index (χ0) is 24.8. The van der Waals surface area contributed by atoms with Gasteiger partial charge in [0.25, 0.3) is 0 Å². The SMILES string of the molecule is C=CC(=O)Nc1cc(Nc2nccc(-n3ccc4cccnc43)n2)c(OC)cc1N(C)CCNC. The highest BCUT2D eigenvalue weighted by Gasteiger charge is 2.16. The van der Waals surface area contributed by atoms with E-state index in [2.05, 4.69) is 37.5 Å². The van der Waals surface area contributed by atoms with E-state index in [1.54, 1.807) is 25.6 Å². The van der Waals surface area contributed by atoms with Gasteiger partial charge in [0.05, 0.1) is 24.2 Å². The number of rotatable bonds is 10. The average molecular weight is 473 g/mol. The topological polar surface area (TPSA) is 109 Å². The van der Waals surface area contributed by atoms with Crippen LogP contribution in [0.3, 0.4) is 0 Å². The monoisotopic (exact) mass is 472 g/mol. The molecule has 3 N–H and O–H groups in total. The van der Waals surface area contributed by atoms with E-state index in [1.807, 2.05) is 60.1 Å². The molecule has 4 rings (SSSR count). The van der Waals surface area contributed by atoms with Crippen LogP contribution in [0.5, 0.6) is 5.75 Å². The lowest BCUT2D eigenvalue weighted by molar-refractivity contribution is -0.111. The molecule has 10 heteroatoms. The van der Waals surface area contributed by atoms with Crippen molar-refractivity contribution < 1.29 is 9.53 Å². The Hall–Kier alpha value is -4.44. The van der Waals surface area contributed by atoms with Crippen molar-refractivity contribution in [1.82, 2.24) is 24.8 Å². The fourth-order valence-electron chi connectivity index (χ4n) is 3.65. The zero-order valence-electron chi connectivity index (χ0n) is 19.9. The molecular weight excluding hydrogens is 444 g/mol. The van der Waals surface area contributed by atoms with Crippen LogP contribution in [0.1, 0.15) is 0 Å². The number of nitrogens with one attached hydrogen (secondary N) is 3. The fraction of sp³-hybridized carbons (Fsp3) is 0.200. The van der Waals surface area contributed by atoms with E-state index >= 15 is 0 Å².